The molecule has 0 heterocycles. The minimum atomic E-state index is -0.0728. The van der Waals surface area contributed by atoms with Crippen molar-refractivity contribution < 1.29 is 9.90 Å². The number of ketones is 1. The van der Waals surface area contributed by atoms with Crippen LogP contribution in [-0.4, -0.2) is 10.9 Å². The van der Waals surface area contributed by atoms with Gasteiger partial charge in [0.15, 0.2) is 5.78 Å². The first-order valence-electron chi connectivity index (χ1n) is 5.28. The molecule has 18 heavy (non-hydrogen) atoms. The van der Waals surface area contributed by atoms with Gasteiger partial charge in [0.2, 0.25) is 0 Å². The van der Waals surface area contributed by atoms with E-state index in [1.807, 2.05) is 19.1 Å². The minimum Gasteiger partial charge on any atom is -0.506 e. The van der Waals surface area contributed by atoms with Gasteiger partial charge in [0.25, 0.3) is 0 Å². The summed E-state index contributed by atoms with van der Waals surface area (Å²) in [6, 6.07) is 10.6. The smallest absolute Gasteiger partial charge is 0.193 e. The summed E-state index contributed by atoms with van der Waals surface area (Å²) in [7, 11) is 0. The van der Waals surface area contributed by atoms with Gasteiger partial charge in [-0.15, -0.1) is 0 Å². The van der Waals surface area contributed by atoms with Crippen molar-refractivity contribution in [3.05, 3.63) is 62.0 Å². The quantitative estimate of drug-likeness (QED) is 0.793. The fourth-order valence-corrected chi connectivity index (χ4v) is 2.75. The predicted molar refractivity (Wildman–Crippen MR) is 78.1 cm³/mol. The largest absolute Gasteiger partial charge is 0.506 e. The maximum absolute atomic E-state index is 12.3. The monoisotopic (exact) mass is 368 g/mol. The van der Waals surface area contributed by atoms with E-state index in [4.69, 9.17) is 0 Å². The van der Waals surface area contributed by atoms with Crippen molar-refractivity contribution in [2.24, 2.45) is 0 Å². The summed E-state index contributed by atoms with van der Waals surface area (Å²) in [6.07, 6.45) is 0. The molecular weight excluding hydrogens is 360 g/mol. The highest BCUT2D eigenvalue weighted by atomic mass is 79.9. The molecule has 0 aliphatic carbocycles. The number of phenols is 1. The lowest BCUT2D eigenvalue weighted by molar-refractivity contribution is 0.103. The van der Waals surface area contributed by atoms with Crippen LogP contribution in [0.5, 0.6) is 5.75 Å². The Balaban J connectivity index is 2.43. The van der Waals surface area contributed by atoms with E-state index in [1.54, 1.807) is 24.3 Å². The van der Waals surface area contributed by atoms with Crippen molar-refractivity contribution >= 4 is 37.6 Å². The Kier molecular flexibility index (Phi) is 3.88. The molecule has 2 aromatic carbocycles. The van der Waals surface area contributed by atoms with Crippen molar-refractivity contribution in [2.75, 3.05) is 0 Å². The third-order valence-corrected chi connectivity index (χ3v) is 3.80. The molecule has 0 amide bonds. The van der Waals surface area contributed by atoms with Crippen LogP contribution in [0.25, 0.3) is 0 Å². The van der Waals surface area contributed by atoms with E-state index >= 15 is 0 Å². The average Bonchev–Trinajstić information content (AvgIpc) is 2.35. The summed E-state index contributed by atoms with van der Waals surface area (Å²) < 4.78 is 0.986. The molecule has 2 rings (SSSR count). The minimum absolute atomic E-state index is 0.0728. The number of carbonyl (C=O) groups excluding carboxylic acids is 1. The molecule has 2 aromatic rings. The molecular formula is C14H10Br2O2. The standard InChI is InChI=1S/C14H10Br2O2/c1-8-2-4-9(5-3-8)13(17)10-6-11(15)14(18)12(16)7-10/h2-7,18H,1H3. The number of phenolic OH excluding ortho intramolecular Hbond substituents is 1. The highest BCUT2D eigenvalue weighted by molar-refractivity contribution is 9.11. The fourth-order valence-electron chi connectivity index (χ4n) is 1.57. The lowest BCUT2D eigenvalue weighted by Crippen LogP contribution is -2.01. The first-order chi connectivity index (χ1) is 8.49. The Morgan fingerprint density at radius 1 is 1.00 bits per heavy atom. The summed E-state index contributed by atoms with van der Waals surface area (Å²) in [4.78, 5) is 12.3. The van der Waals surface area contributed by atoms with Crippen molar-refractivity contribution in [1.29, 1.82) is 0 Å². The second kappa shape index (κ2) is 5.24. The number of hydrogen-bond donors (Lipinski definition) is 1. The van der Waals surface area contributed by atoms with Gasteiger partial charge in [0.1, 0.15) is 5.75 Å². The highest BCUT2D eigenvalue weighted by Gasteiger charge is 2.13. The molecule has 0 saturated heterocycles. The molecule has 2 nitrogen and oxygen atoms in total. The van der Waals surface area contributed by atoms with Crippen LogP contribution < -0.4 is 0 Å². The van der Waals surface area contributed by atoms with E-state index in [1.165, 1.54) is 0 Å². The Hall–Kier alpha value is -1.13. The maximum Gasteiger partial charge on any atom is 0.193 e. The molecule has 0 saturated carbocycles. The van der Waals surface area contributed by atoms with Gasteiger partial charge >= 0.3 is 0 Å². The molecule has 0 bridgehead atoms. The summed E-state index contributed by atoms with van der Waals surface area (Å²) >= 11 is 6.43. The zero-order valence-electron chi connectivity index (χ0n) is 9.58. The number of aromatic hydroxyl groups is 1. The maximum atomic E-state index is 12.3. The molecule has 0 spiro atoms. The summed E-state index contributed by atoms with van der Waals surface area (Å²) in [5.74, 6) is 0.0202. The lowest BCUT2D eigenvalue weighted by Gasteiger charge is -2.06. The molecule has 0 unspecified atom stereocenters. The molecule has 92 valence electrons. The first kappa shape index (κ1) is 13.3. The molecule has 0 aromatic heterocycles. The molecule has 0 aliphatic rings. The second-order valence-corrected chi connectivity index (χ2v) is 5.69. The van der Waals surface area contributed by atoms with E-state index in [2.05, 4.69) is 31.9 Å². The molecule has 0 aliphatic heterocycles. The number of halogens is 2. The summed E-state index contributed by atoms with van der Waals surface area (Å²) in [6.45, 7) is 1.97. The van der Waals surface area contributed by atoms with Crippen LogP contribution >= 0.6 is 31.9 Å². The van der Waals surface area contributed by atoms with Crippen LogP contribution in [0.15, 0.2) is 45.3 Å². The number of carbonyl (C=O) groups is 1. The zero-order chi connectivity index (χ0) is 13.3. The SMILES string of the molecule is Cc1ccc(C(=O)c2cc(Br)c(O)c(Br)c2)cc1. The molecule has 4 heteroatoms. The molecule has 0 fully saturated rings. The van der Waals surface area contributed by atoms with E-state index < -0.39 is 0 Å². The number of rotatable bonds is 2. The van der Waals surface area contributed by atoms with Gasteiger partial charge in [-0.1, -0.05) is 29.8 Å². The first-order valence-corrected chi connectivity index (χ1v) is 6.87. The topological polar surface area (TPSA) is 37.3 Å². The van der Waals surface area contributed by atoms with Crippen LogP contribution in [0.3, 0.4) is 0 Å². The van der Waals surface area contributed by atoms with Gasteiger partial charge in [-0.3, -0.25) is 4.79 Å². The van der Waals surface area contributed by atoms with Crippen molar-refractivity contribution in [2.45, 2.75) is 6.92 Å². The van der Waals surface area contributed by atoms with E-state index in [0.717, 1.165) is 5.56 Å². The van der Waals surface area contributed by atoms with Gasteiger partial charge < -0.3 is 5.11 Å². The van der Waals surface area contributed by atoms with Gasteiger partial charge in [-0.05, 0) is 50.9 Å². The van der Waals surface area contributed by atoms with Crippen LogP contribution in [-0.2, 0) is 0 Å². The van der Waals surface area contributed by atoms with Crippen molar-refractivity contribution in [3.63, 3.8) is 0 Å². The number of benzene rings is 2. The van der Waals surface area contributed by atoms with Crippen molar-refractivity contribution in [3.8, 4) is 5.75 Å². The summed E-state index contributed by atoms with van der Waals surface area (Å²) in [5.41, 5.74) is 2.26. The van der Waals surface area contributed by atoms with Gasteiger partial charge in [-0.25, -0.2) is 0 Å². The van der Waals surface area contributed by atoms with E-state index in [-0.39, 0.29) is 11.5 Å². The van der Waals surface area contributed by atoms with Gasteiger partial charge in [0.05, 0.1) is 8.95 Å². The number of aryl methyl sites for hydroxylation is 1. The highest BCUT2D eigenvalue weighted by Crippen LogP contribution is 2.33. The van der Waals surface area contributed by atoms with Crippen LogP contribution in [0.2, 0.25) is 0 Å². The third-order valence-electron chi connectivity index (χ3n) is 2.59. The Morgan fingerprint density at radius 2 is 1.50 bits per heavy atom. The second-order valence-electron chi connectivity index (χ2n) is 3.98. The molecule has 0 atom stereocenters. The Labute approximate surface area is 122 Å². The van der Waals surface area contributed by atoms with Crippen LogP contribution in [0.4, 0.5) is 0 Å². The van der Waals surface area contributed by atoms with E-state index in [0.29, 0.717) is 20.1 Å². The summed E-state index contributed by atoms with van der Waals surface area (Å²) in [5, 5.41) is 9.61. The van der Waals surface area contributed by atoms with E-state index in [9.17, 15) is 9.90 Å². The fraction of sp³-hybridized carbons (Fsp3) is 0.0714. The molecule has 0 radical (unpaired) electrons. The zero-order valence-corrected chi connectivity index (χ0v) is 12.7. The third kappa shape index (κ3) is 2.65. The molecule has 1 N–H and O–H groups in total. The van der Waals surface area contributed by atoms with Gasteiger partial charge in [-0.2, -0.15) is 0 Å². The number of hydrogen-bond acceptors (Lipinski definition) is 2. The van der Waals surface area contributed by atoms with Crippen molar-refractivity contribution in [1.82, 2.24) is 0 Å². The van der Waals surface area contributed by atoms with Crippen LogP contribution in [0, 0.1) is 6.92 Å². The predicted octanol–water partition coefficient (Wildman–Crippen LogP) is 4.46. The van der Waals surface area contributed by atoms with Gasteiger partial charge in [0, 0.05) is 11.1 Å². The Bertz CT molecular complexity index is 581. The lowest BCUT2D eigenvalue weighted by atomic mass is 10.0. The van der Waals surface area contributed by atoms with Crippen LogP contribution in [0.1, 0.15) is 21.5 Å². The Morgan fingerprint density at radius 3 is 2.00 bits per heavy atom. The average molecular weight is 370 g/mol. The normalized spacial score (nSPS) is 10.4.